The zero-order chi connectivity index (χ0) is 80.1. The molecule has 0 aliphatic carbocycles. The smallest absolute Gasteiger partial charge is 0.383 e. The number of nitrogens with zero attached hydrogens (tertiary/aromatic N) is 12. The molecular weight excluding hydrogens is 1610 g/mol. The van der Waals surface area contributed by atoms with Gasteiger partial charge in [0, 0.05) is 136 Å². The van der Waals surface area contributed by atoms with E-state index in [2.05, 4.69) is 99.6 Å². The molecule has 0 spiro atoms. The standard InChI is InChI=1S/C22H19BrF3N5O.C18H18F3N5O.C17H18F3N5O.C16H15BrF3N5O.3H2/c23-14-10-15(21(27)29-11-14)20(32)19-16(22(24,25)26)6-7-18(30-19)31-9-8-28-17(12-31)13-4-2-1-3-5-13;1-2-11-9-12(17(22)24-10-11)16(27)15-13(18(19,20)21)3-4-14(25-15)26-7-5-23-6-8-26;18-17(19,20)12-4-5-13(25-9-2-6-22-8-10-25)24-14(12)15(26)11-3-1-7-23-16(11)21;17-9-7-10(15(21)23-8-9)14(26)13-11(16(18,19)20)1-2-12(24-13)25-5-3-22-4-6-25;;;/h1-7,10-11,17,28H,8-9,12H2,(H2,27,29);2-4,9-10,23H,1,5-8H2,(H2,22,24);1,3-5,7,22H,2,6,8-10H2,(H2,21,23);1-2,7-8,22H,3-6H2,(H2,21,23);3*1H. The summed E-state index contributed by atoms with van der Waals surface area (Å²) in [7, 11) is 0. The second-order valence-corrected chi connectivity index (χ2v) is 26.8. The summed E-state index contributed by atoms with van der Waals surface area (Å²) in [5, 5.41) is 12.9. The molecule has 12 N–H and O–H groups in total. The number of benzene rings is 1. The van der Waals surface area contributed by atoms with Crippen molar-refractivity contribution in [3.8, 4) is 0 Å². The van der Waals surface area contributed by atoms with E-state index >= 15 is 0 Å². The van der Waals surface area contributed by atoms with Gasteiger partial charge >= 0.3 is 24.7 Å². The second-order valence-electron chi connectivity index (χ2n) is 25.0. The molecule has 1 atom stereocenters. The lowest BCUT2D eigenvalue weighted by atomic mass is 10.0. The minimum absolute atomic E-state index is 0. The molecule has 0 amide bonds. The van der Waals surface area contributed by atoms with Crippen LogP contribution in [0.4, 0.5) is 99.2 Å². The van der Waals surface area contributed by atoms with Gasteiger partial charge in [-0.3, -0.25) is 19.2 Å². The van der Waals surface area contributed by atoms with Crippen molar-refractivity contribution in [1.29, 1.82) is 0 Å². The highest BCUT2D eigenvalue weighted by Crippen LogP contribution is 2.39. The Morgan fingerprint density at radius 1 is 0.423 bits per heavy atom. The Balaban J connectivity index is 0.000000209. The number of carbonyl (C=O) groups is 4. The SMILES string of the molecule is C=Cc1cnc(N)c(C(=O)c2nc(N3CCNCC3)ccc2C(F)(F)F)c1.Nc1ncc(Br)cc1C(=O)c1nc(N2CCNC(c3ccccc3)C2)ccc1C(F)(F)F.Nc1ncc(Br)cc1C(=O)c1nc(N2CCNCC2)ccc1C(F)(F)F.Nc1ncccc1C(=O)c1nc(N2CCCNCC2)ccc1C(F)(F)F.[HH].[HH].[HH]. The van der Waals surface area contributed by atoms with E-state index < -0.39 is 92.9 Å². The number of ketones is 4. The van der Waals surface area contributed by atoms with Crippen LogP contribution < -0.4 is 63.8 Å². The zero-order valence-electron chi connectivity index (χ0n) is 58.5. The Labute approximate surface area is 647 Å². The molecule has 4 saturated heterocycles. The average Bonchev–Trinajstić information content (AvgIpc) is 0.806. The summed E-state index contributed by atoms with van der Waals surface area (Å²) in [6.45, 7) is 13.1. The fraction of sp³-hybridized carbons (Fsp3) is 0.288. The van der Waals surface area contributed by atoms with Gasteiger partial charge in [0.2, 0.25) is 23.1 Å². The first-order chi connectivity index (χ1) is 52.7. The van der Waals surface area contributed by atoms with Crippen LogP contribution in [-0.4, -0.2) is 161 Å². The second kappa shape index (κ2) is 35.9. The van der Waals surface area contributed by atoms with Crippen LogP contribution in [0.25, 0.3) is 6.08 Å². The van der Waals surface area contributed by atoms with Crippen molar-refractivity contribution in [2.45, 2.75) is 37.2 Å². The van der Waals surface area contributed by atoms with Gasteiger partial charge < -0.3 is 63.8 Å². The van der Waals surface area contributed by atoms with Crippen molar-refractivity contribution in [2.75, 3.05) is 141 Å². The Bertz CT molecular complexity index is 4870. The first-order valence-corrected chi connectivity index (χ1v) is 35.6. The summed E-state index contributed by atoms with van der Waals surface area (Å²) in [6.07, 6.45) is -11.1. The molecule has 12 heterocycles. The highest BCUT2D eigenvalue weighted by atomic mass is 79.9. The van der Waals surface area contributed by atoms with Crippen molar-refractivity contribution in [3.63, 3.8) is 0 Å². The highest BCUT2D eigenvalue weighted by Gasteiger charge is 2.42. The summed E-state index contributed by atoms with van der Waals surface area (Å²) in [5.74, 6) is -2.98. The number of hydrogen-bond acceptors (Lipinski definition) is 24. The molecule has 0 radical (unpaired) electrons. The molecule has 111 heavy (non-hydrogen) atoms. The van der Waals surface area contributed by atoms with Gasteiger partial charge in [-0.2, -0.15) is 52.7 Å². The third kappa shape index (κ3) is 20.8. The largest absolute Gasteiger partial charge is 0.418 e. The number of rotatable bonds is 14. The quantitative estimate of drug-likeness (QED) is 0.0370. The molecule has 38 heteroatoms. The molecule has 24 nitrogen and oxygen atoms in total. The van der Waals surface area contributed by atoms with Gasteiger partial charge in [0.1, 0.15) is 69.3 Å². The number of nitrogen functional groups attached to an aromatic ring is 4. The van der Waals surface area contributed by atoms with Crippen molar-refractivity contribution >= 4 is 108 Å². The van der Waals surface area contributed by atoms with E-state index in [9.17, 15) is 71.9 Å². The highest BCUT2D eigenvalue weighted by molar-refractivity contribution is 9.10. The number of nitrogens with one attached hydrogen (secondary N) is 4. The number of carbonyl (C=O) groups excluding carboxylic acids is 4. The topological polar surface area (TPSA) is 337 Å². The molecule has 9 aromatic rings. The average molecular weight is 1690 g/mol. The minimum Gasteiger partial charge on any atom is -0.383 e. The van der Waals surface area contributed by atoms with Crippen LogP contribution in [-0.2, 0) is 24.7 Å². The van der Waals surface area contributed by atoms with Crippen LogP contribution in [0.2, 0.25) is 0 Å². The molecule has 1 aromatic carbocycles. The normalized spacial score (nSPS) is 15.6. The number of hydrogen-bond donors (Lipinski definition) is 8. The van der Waals surface area contributed by atoms with Gasteiger partial charge in [0.25, 0.3) is 0 Å². The minimum atomic E-state index is -4.75. The zero-order valence-corrected chi connectivity index (χ0v) is 61.6. The van der Waals surface area contributed by atoms with Gasteiger partial charge in [0.15, 0.2) is 0 Å². The number of aromatic nitrogens is 8. The maximum Gasteiger partial charge on any atom is 0.418 e. The monoisotopic (exact) mass is 1680 g/mol. The maximum absolute atomic E-state index is 13.7. The molecule has 590 valence electrons. The fourth-order valence-corrected chi connectivity index (χ4v) is 12.7. The molecule has 4 aliphatic rings. The van der Waals surface area contributed by atoms with Gasteiger partial charge in [-0.15, -0.1) is 0 Å². The van der Waals surface area contributed by atoms with Crippen molar-refractivity contribution in [1.82, 2.24) is 61.1 Å². The molecular formula is C73H76Br2F12N20O4. The number of piperazine rings is 3. The van der Waals surface area contributed by atoms with Crippen molar-refractivity contribution in [2.24, 2.45) is 0 Å². The van der Waals surface area contributed by atoms with E-state index in [1.807, 2.05) is 49.9 Å². The Hall–Kier alpha value is -10.8. The lowest BCUT2D eigenvalue weighted by molar-refractivity contribution is -0.138. The molecule has 8 aromatic heterocycles. The molecule has 13 rings (SSSR count). The predicted octanol–water partition coefficient (Wildman–Crippen LogP) is 11.9. The lowest BCUT2D eigenvalue weighted by Crippen LogP contribution is -2.46. The first kappa shape index (κ1) is 82.7. The van der Waals surface area contributed by atoms with E-state index in [0.717, 1.165) is 42.8 Å². The number of halogens is 14. The lowest BCUT2D eigenvalue weighted by Gasteiger charge is -2.35. The van der Waals surface area contributed by atoms with Crippen LogP contribution >= 0.6 is 31.9 Å². The number of anilines is 8. The molecule has 4 aliphatic heterocycles. The third-order valence-corrected chi connectivity index (χ3v) is 18.5. The van der Waals surface area contributed by atoms with Gasteiger partial charge in [-0.25, -0.2) is 39.9 Å². The third-order valence-electron chi connectivity index (χ3n) is 17.6. The molecule has 1 unspecified atom stereocenters. The van der Waals surface area contributed by atoms with Crippen LogP contribution in [0.5, 0.6) is 0 Å². The van der Waals surface area contributed by atoms with E-state index in [1.165, 1.54) is 85.5 Å². The van der Waals surface area contributed by atoms with Crippen LogP contribution in [0.3, 0.4) is 0 Å². The van der Waals surface area contributed by atoms with Gasteiger partial charge in [-0.05, 0) is 135 Å². The maximum atomic E-state index is 13.7. The van der Waals surface area contributed by atoms with E-state index in [0.29, 0.717) is 129 Å². The van der Waals surface area contributed by atoms with Crippen LogP contribution in [0.1, 0.15) is 114 Å². The van der Waals surface area contributed by atoms with Crippen LogP contribution in [0.15, 0.2) is 150 Å². The van der Waals surface area contributed by atoms with Crippen molar-refractivity contribution < 1.29 is 76.1 Å². The molecule has 4 fully saturated rings. The number of nitrogens with two attached hydrogens (primary N) is 4. The first-order valence-electron chi connectivity index (χ1n) is 34.0. The summed E-state index contributed by atoms with van der Waals surface area (Å²) in [5.41, 5.74) is 16.8. The van der Waals surface area contributed by atoms with Gasteiger partial charge in [-0.1, -0.05) is 43.0 Å². The van der Waals surface area contributed by atoms with E-state index in [4.69, 9.17) is 22.9 Å². The summed E-state index contributed by atoms with van der Waals surface area (Å²) in [6, 6.07) is 25.3. The number of pyridine rings is 8. The Kier molecular flexibility index (Phi) is 26.8. The van der Waals surface area contributed by atoms with Crippen molar-refractivity contribution in [3.05, 3.63) is 228 Å². The molecule has 0 saturated carbocycles. The van der Waals surface area contributed by atoms with E-state index in [1.54, 1.807) is 0 Å². The van der Waals surface area contributed by atoms with Crippen LogP contribution in [0, 0.1) is 0 Å². The summed E-state index contributed by atoms with van der Waals surface area (Å²) < 4.78 is 163. The number of alkyl halides is 12. The fourth-order valence-electron chi connectivity index (χ4n) is 12.0. The Morgan fingerprint density at radius 3 is 1.17 bits per heavy atom. The predicted molar refractivity (Wildman–Crippen MR) is 406 cm³/mol. The van der Waals surface area contributed by atoms with Gasteiger partial charge in [0.05, 0.1) is 44.5 Å². The molecule has 0 bridgehead atoms. The summed E-state index contributed by atoms with van der Waals surface area (Å²) in [4.78, 5) is 90.5. The summed E-state index contributed by atoms with van der Waals surface area (Å²) >= 11 is 6.32. The van der Waals surface area contributed by atoms with E-state index in [-0.39, 0.29) is 55.8 Å². The Morgan fingerprint density at radius 2 is 0.775 bits per heavy atom.